The lowest BCUT2D eigenvalue weighted by atomic mass is 9.82. The van der Waals surface area contributed by atoms with Crippen molar-refractivity contribution in [1.82, 2.24) is 24.0 Å². The first-order valence-corrected chi connectivity index (χ1v) is 16.9. The molecule has 3 fully saturated rings. The third-order valence-electron chi connectivity index (χ3n) is 9.49. The zero-order chi connectivity index (χ0) is 30.3. The lowest BCUT2D eigenvalue weighted by molar-refractivity contribution is 0.0233. The van der Waals surface area contributed by atoms with Gasteiger partial charge < -0.3 is 14.5 Å². The fourth-order valence-electron chi connectivity index (χ4n) is 6.56. The number of ketones is 1. The number of sulfonamides is 1. The number of hydrogen-bond acceptors (Lipinski definition) is 8. The van der Waals surface area contributed by atoms with Crippen molar-refractivity contribution < 1.29 is 22.3 Å². The fourth-order valence-corrected chi connectivity index (χ4v) is 7.30. The monoisotopic (exact) mass is 612 g/mol. The Morgan fingerprint density at radius 3 is 2.28 bits per heavy atom. The Morgan fingerprint density at radius 2 is 1.70 bits per heavy atom. The van der Waals surface area contributed by atoms with Gasteiger partial charge in [0, 0.05) is 59.3 Å². The molecule has 2 aromatic heterocycles. The molecule has 2 saturated heterocycles. The number of halogens is 1. The highest BCUT2D eigenvalue weighted by Crippen LogP contribution is 2.43. The van der Waals surface area contributed by atoms with Gasteiger partial charge in [-0.05, 0) is 68.9 Å². The van der Waals surface area contributed by atoms with Crippen LogP contribution < -0.4 is 4.90 Å². The number of pyridine rings is 1. The number of nitrogens with zero attached hydrogens (tertiary/aromatic N) is 6. The van der Waals surface area contributed by atoms with Gasteiger partial charge in [0.1, 0.15) is 17.3 Å². The van der Waals surface area contributed by atoms with Crippen LogP contribution >= 0.6 is 0 Å². The van der Waals surface area contributed by atoms with Crippen LogP contribution in [0.4, 0.5) is 10.1 Å². The Bertz CT molecular complexity index is 1570. The molecule has 12 heteroatoms. The van der Waals surface area contributed by atoms with Crippen molar-refractivity contribution in [2.45, 2.75) is 63.0 Å². The Hall–Kier alpha value is -2.93. The van der Waals surface area contributed by atoms with Crippen LogP contribution in [0.2, 0.25) is 0 Å². The maximum absolute atomic E-state index is 13.8. The average molecular weight is 613 g/mol. The summed E-state index contributed by atoms with van der Waals surface area (Å²) in [6.45, 7) is 3.70. The number of fused-ring (bicyclic) bond motifs is 1. The molecule has 3 aliphatic rings. The van der Waals surface area contributed by atoms with Crippen molar-refractivity contribution in [3.05, 3.63) is 47.5 Å². The second-order valence-electron chi connectivity index (χ2n) is 12.3. The van der Waals surface area contributed by atoms with Crippen molar-refractivity contribution in [2.24, 2.45) is 0 Å². The van der Waals surface area contributed by atoms with Gasteiger partial charge in [-0.3, -0.25) is 4.79 Å². The number of aromatic nitrogens is 3. The van der Waals surface area contributed by atoms with Crippen LogP contribution in [0.3, 0.4) is 0 Å². The summed E-state index contributed by atoms with van der Waals surface area (Å²) in [6, 6.07) is 8.33. The van der Waals surface area contributed by atoms with Gasteiger partial charge in [-0.15, -0.1) is 0 Å². The van der Waals surface area contributed by atoms with Crippen LogP contribution in [0, 0.1) is 5.82 Å². The van der Waals surface area contributed by atoms with Gasteiger partial charge in [0.15, 0.2) is 11.4 Å². The number of hydrogen-bond donors (Lipinski definition) is 0. The van der Waals surface area contributed by atoms with Crippen LogP contribution in [0.15, 0.2) is 30.3 Å². The van der Waals surface area contributed by atoms with E-state index in [4.69, 9.17) is 14.8 Å². The van der Waals surface area contributed by atoms with Gasteiger partial charge in [0.2, 0.25) is 10.0 Å². The normalized spacial score (nSPS) is 19.8. The number of carbonyl (C=O) groups is 1. The maximum atomic E-state index is 13.8. The summed E-state index contributed by atoms with van der Waals surface area (Å²) in [4.78, 5) is 23.1. The van der Waals surface area contributed by atoms with E-state index < -0.39 is 21.6 Å². The summed E-state index contributed by atoms with van der Waals surface area (Å²) < 4.78 is 47.5. The van der Waals surface area contributed by atoms with Gasteiger partial charge >= 0.3 is 0 Å². The van der Waals surface area contributed by atoms with E-state index >= 15 is 0 Å². The lowest BCUT2D eigenvalue weighted by Gasteiger charge is -2.42. The predicted octanol–water partition coefficient (Wildman–Crippen LogP) is 3.98. The minimum atomic E-state index is -3.78. The topological polar surface area (TPSA) is 101 Å². The highest BCUT2D eigenvalue weighted by Gasteiger charge is 2.34. The molecule has 0 N–H and O–H groups in total. The smallest absolute Gasteiger partial charge is 0.221 e. The van der Waals surface area contributed by atoms with Crippen molar-refractivity contribution in [3.63, 3.8) is 0 Å². The summed E-state index contributed by atoms with van der Waals surface area (Å²) in [5, 5.41) is 5.92. The fraction of sp³-hybridized carbons (Fsp3) is 0.581. The molecule has 0 bridgehead atoms. The molecule has 10 nitrogen and oxygen atoms in total. The Morgan fingerprint density at radius 1 is 1.02 bits per heavy atom. The molecule has 0 radical (unpaired) electrons. The van der Waals surface area contributed by atoms with Crippen molar-refractivity contribution >= 4 is 32.5 Å². The first kappa shape index (κ1) is 30.1. The molecule has 0 atom stereocenters. The molecule has 232 valence electrons. The standard InChI is InChI=1S/C31H41FN6O4S/c1-35(2)43(40,41)20-28(39)26-19-27(37-15-11-23(12-16-37)36-17-13-25(42-3)14-18-36)29-30(21-5-4-6-21)34-38(31(29)33-26)24-9-7-22(32)8-10-24/h7-10,19,21,23,25H,4-6,11-18,20H2,1-3H3. The Labute approximate surface area is 252 Å². The van der Waals surface area contributed by atoms with E-state index in [0.717, 1.165) is 92.2 Å². The number of carbonyl (C=O) groups excluding carboxylic acids is 1. The van der Waals surface area contributed by atoms with E-state index in [-0.39, 0.29) is 17.4 Å². The average Bonchev–Trinajstić information content (AvgIpc) is 3.35. The summed E-state index contributed by atoms with van der Waals surface area (Å²) in [5.74, 6) is -1.31. The first-order valence-electron chi connectivity index (χ1n) is 15.3. The van der Waals surface area contributed by atoms with E-state index in [2.05, 4.69) is 9.80 Å². The van der Waals surface area contributed by atoms with Gasteiger partial charge in [0.25, 0.3) is 0 Å². The van der Waals surface area contributed by atoms with Crippen LogP contribution in [-0.2, 0) is 14.8 Å². The number of Topliss-reactive ketones (excluding diaryl/α,β-unsaturated/α-hetero) is 1. The van der Waals surface area contributed by atoms with E-state index in [0.29, 0.717) is 23.5 Å². The molecule has 6 rings (SSSR count). The van der Waals surface area contributed by atoms with Crippen LogP contribution in [0.5, 0.6) is 0 Å². The van der Waals surface area contributed by atoms with Gasteiger partial charge in [-0.1, -0.05) is 6.42 Å². The molecule has 0 unspecified atom stereocenters. The summed E-state index contributed by atoms with van der Waals surface area (Å²) >= 11 is 0. The molecule has 0 spiro atoms. The van der Waals surface area contributed by atoms with Gasteiger partial charge in [0.05, 0.1) is 28.6 Å². The zero-order valence-corrected chi connectivity index (χ0v) is 26.0. The molecule has 2 aliphatic heterocycles. The van der Waals surface area contributed by atoms with Crippen molar-refractivity contribution in [1.29, 1.82) is 0 Å². The van der Waals surface area contributed by atoms with Crippen LogP contribution in [-0.4, -0.2) is 103 Å². The maximum Gasteiger partial charge on any atom is 0.221 e. The minimum absolute atomic E-state index is 0.0973. The third-order valence-corrected chi connectivity index (χ3v) is 11.2. The third kappa shape index (κ3) is 6.07. The molecular formula is C31H41FN6O4S. The predicted molar refractivity (Wildman–Crippen MR) is 164 cm³/mol. The molecular weight excluding hydrogens is 571 g/mol. The Kier molecular flexibility index (Phi) is 8.56. The van der Waals surface area contributed by atoms with Crippen molar-refractivity contribution in [2.75, 3.05) is 58.0 Å². The molecule has 4 heterocycles. The minimum Gasteiger partial charge on any atom is -0.381 e. The quantitative estimate of drug-likeness (QED) is 0.335. The number of rotatable bonds is 9. The molecule has 3 aromatic rings. The second kappa shape index (κ2) is 12.2. The number of piperidine rings is 2. The zero-order valence-electron chi connectivity index (χ0n) is 25.2. The second-order valence-corrected chi connectivity index (χ2v) is 14.5. The van der Waals surface area contributed by atoms with Gasteiger partial charge in [-0.2, -0.15) is 5.10 Å². The van der Waals surface area contributed by atoms with Crippen molar-refractivity contribution in [3.8, 4) is 5.69 Å². The van der Waals surface area contributed by atoms with Crippen LogP contribution in [0.25, 0.3) is 16.7 Å². The molecule has 1 aromatic carbocycles. The largest absolute Gasteiger partial charge is 0.381 e. The number of methoxy groups -OCH3 is 1. The number of ether oxygens (including phenoxy) is 1. The van der Waals surface area contributed by atoms with E-state index in [1.807, 2.05) is 0 Å². The number of anilines is 1. The highest BCUT2D eigenvalue weighted by molar-refractivity contribution is 7.89. The SMILES string of the molecule is COC1CCN(C2CCN(c3cc(C(=O)CS(=O)(=O)N(C)C)nc4c3c(C3CCC3)nn4-c3ccc(F)cc3)CC2)CC1. The summed E-state index contributed by atoms with van der Waals surface area (Å²) in [7, 11) is 0.846. The highest BCUT2D eigenvalue weighted by atomic mass is 32.2. The first-order chi connectivity index (χ1) is 20.6. The van der Waals surface area contributed by atoms with E-state index in [9.17, 15) is 17.6 Å². The summed E-state index contributed by atoms with van der Waals surface area (Å²) in [6.07, 6.45) is 7.60. The summed E-state index contributed by atoms with van der Waals surface area (Å²) in [5.41, 5.74) is 3.05. The molecule has 0 amide bonds. The molecule has 43 heavy (non-hydrogen) atoms. The number of benzene rings is 1. The molecule has 1 saturated carbocycles. The van der Waals surface area contributed by atoms with E-state index in [1.54, 1.807) is 30.0 Å². The lowest BCUT2D eigenvalue weighted by Crippen LogP contribution is -2.48. The number of likely N-dealkylation sites (tertiary alicyclic amines) is 1. The molecule has 1 aliphatic carbocycles. The van der Waals surface area contributed by atoms with E-state index in [1.165, 1.54) is 26.2 Å². The van der Waals surface area contributed by atoms with Crippen LogP contribution in [0.1, 0.15) is 67.0 Å². The van der Waals surface area contributed by atoms with Gasteiger partial charge in [-0.25, -0.2) is 26.8 Å². The Balaban J connectivity index is 1.40.